The first-order valence-electron chi connectivity index (χ1n) is 7.12. The Morgan fingerprint density at radius 1 is 0.955 bits per heavy atom. The van der Waals surface area contributed by atoms with Gasteiger partial charge in [0, 0.05) is 23.5 Å². The van der Waals surface area contributed by atoms with Crippen molar-refractivity contribution < 1.29 is 4.79 Å². The number of rotatable bonds is 4. The Morgan fingerprint density at radius 2 is 1.59 bits per heavy atom. The first-order valence-corrected chi connectivity index (χ1v) is 7.53. The summed E-state index contributed by atoms with van der Waals surface area (Å²) in [6, 6.07) is 15.4. The highest BCUT2D eigenvalue weighted by atomic mass is 32.1. The summed E-state index contributed by atoms with van der Waals surface area (Å²) >= 11 is 5.32. The van der Waals surface area contributed by atoms with Gasteiger partial charge < -0.3 is 16.0 Å². The first kappa shape index (κ1) is 16.0. The fourth-order valence-corrected chi connectivity index (χ4v) is 2.18. The summed E-state index contributed by atoms with van der Waals surface area (Å²) in [5.41, 5.74) is 3.52. The number of carbonyl (C=O) groups is 1. The maximum Gasteiger partial charge on any atom is 0.224 e. The number of amides is 1. The molecular formula is C17H19N3OS. The van der Waals surface area contributed by atoms with Gasteiger partial charge in [-0.25, -0.2) is 0 Å². The molecule has 0 saturated carbocycles. The number of para-hydroxylation sites is 1. The predicted octanol–water partition coefficient (Wildman–Crippen LogP) is 4.15. The topological polar surface area (TPSA) is 53.2 Å². The van der Waals surface area contributed by atoms with Crippen LogP contribution in [-0.4, -0.2) is 11.0 Å². The van der Waals surface area contributed by atoms with E-state index >= 15 is 0 Å². The molecule has 2 rings (SSSR count). The lowest BCUT2D eigenvalue weighted by Crippen LogP contribution is -2.20. The van der Waals surface area contributed by atoms with Crippen LogP contribution in [0.3, 0.4) is 0 Å². The van der Waals surface area contributed by atoms with E-state index in [0.717, 1.165) is 22.6 Å². The number of thiocarbonyl (C=S) groups is 1. The zero-order valence-corrected chi connectivity index (χ0v) is 13.5. The van der Waals surface area contributed by atoms with Crippen LogP contribution in [0.1, 0.15) is 18.9 Å². The molecule has 0 bridgehead atoms. The normalized spacial score (nSPS) is 9.91. The maximum absolute atomic E-state index is 11.5. The van der Waals surface area contributed by atoms with Crippen LogP contribution in [0.2, 0.25) is 0 Å². The van der Waals surface area contributed by atoms with Crippen LogP contribution >= 0.6 is 12.2 Å². The molecule has 0 aromatic heterocycles. The predicted molar refractivity (Wildman–Crippen MR) is 96.4 cm³/mol. The molecule has 0 aliphatic rings. The molecule has 0 unspecified atom stereocenters. The molecule has 1 amide bonds. The minimum absolute atomic E-state index is 0.00904. The largest absolute Gasteiger partial charge is 0.332 e. The monoisotopic (exact) mass is 313 g/mol. The van der Waals surface area contributed by atoms with E-state index in [1.807, 2.05) is 62.4 Å². The van der Waals surface area contributed by atoms with Gasteiger partial charge in [-0.1, -0.05) is 31.2 Å². The average molecular weight is 313 g/mol. The highest BCUT2D eigenvalue weighted by molar-refractivity contribution is 7.80. The number of benzene rings is 2. The van der Waals surface area contributed by atoms with Crippen molar-refractivity contribution in [2.75, 3.05) is 16.0 Å². The van der Waals surface area contributed by atoms with Crippen molar-refractivity contribution in [2.24, 2.45) is 0 Å². The molecule has 2 aromatic carbocycles. The lowest BCUT2D eigenvalue weighted by atomic mass is 10.1. The molecule has 5 heteroatoms. The number of nitrogens with one attached hydrogen (secondary N) is 3. The Kier molecular flexibility index (Phi) is 5.49. The van der Waals surface area contributed by atoms with E-state index in [9.17, 15) is 4.79 Å². The molecule has 0 fully saturated rings. The smallest absolute Gasteiger partial charge is 0.224 e. The van der Waals surface area contributed by atoms with Crippen molar-refractivity contribution in [3.63, 3.8) is 0 Å². The zero-order valence-electron chi connectivity index (χ0n) is 12.6. The standard InChI is InChI=1S/C17H19N3OS/c1-3-16(21)19-14-10-7-11-15(12(14)2)20-17(22)18-13-8-5-4-6-9-13/h4-11H,3H2,1-2H3,(H,19,21)(H2,18,20,22). The van der Waals surface area contributed by atoms with Crippen LogP contribution in [0.15, 0.2) is 48.5 Å². The van der Waals surface area contributed by atoms with Gasteiger partial charge in [0.15, 0.2) is 5.11 Å². The third kappa shape index (κ3) is 4.30. The van der Waals surface area contributed by atoms with Gasteiger partial charge in [0.1, 0.15) is 0 Å². The Bertz CT molecular complexity index is 671. The van der Waals surface area contributed by atoms with Gasteiger partial charge in [-0.3, -0.25) is 4.79 Å². The molecule has 0 atom stereocenters. The van der Waals surface area contributed by atoms with Gasteiger partial charge in [0.2, 0.25) is 5.91 Å². The van der Waals surface area contributed by atoms with Gasteiger partial charge in [0.25, 0.3) is 0 Å². The van der Waals surface area contributed by atoms with Crippen molar-refractivity contribution in [1.29, 1.82) is 0 Å². The summed E-state index contributed by atoms with van der Waals surface area (Å²) in [6.45, 7) is 3.77. The second kappa shape index (κ2) is 7.56. The summed E-state index contributed by atoms with van der Waals surface area (Å²) in [5.74, 6) is -0.00904. The molecule has 2 aromatic rings. The number of carbonyl (C=O) groups excluding carboxylic acids is 1. The van der Waals surface area contributed by atoms with Crippen LogP contribution in [0, 0.1) is 6.92 Å². The fourth-order valence-electron chi connectivity index (χ4n) is 1.95. The summed E-state index contributed by atoms with van der Waals surface area (Å²) in [7, 11) is 0. The number of hydrogen-bond donors (Lipinski definition) is 3. The molecule has 114 valence electrons. The van der Waals surface area contributed by atoms with Gasteiger partial charge in [-0.15, -0.1) is 0 Å². The van der Waals surface area contributed by atoms with Crippen LogP contribution in [-0.2, 0) is 4.79 Å². The van der Waals surface area contributed by atoms with E-state index in [2.05, 4.69) is 16.0 Å². The Balaban J connectivity index is 2.08. The highest BCUT2D eigenvalue weighted by Crippen LogP contribution is 2.23. The van der Waals surface area contributed by atoms with Crippen molar-refractivity contribution in [1.82, 2.24) is 0 Å². The van der Waals surface area contributed by atoms with E-state index in [4.69, 9.17) is 12.2 Å². The summed E-state index contributed by atoms with van der Waals surface area (Å²) in [5, 5.41) is 9.67. The van der Waals surface area contributed by atoms with Crippen molar-refractivity contribution in [3.8, 4) is 0 Å². The summed E-state index contributed by atoms with van der Waals surface area (Å²) in [4.78, 5) is 11.5. The molecule has 0 aliphatic heterocycles. The molecule has 3 N–H and O–H groups in total. The molecule has 0 spiro atoms. The molecule has 4 nitrogen and oxygen atoms in total. The van der Waals surface area contributed by atoms with E-state index < -0.39 is 0 Å². The third-order valence-corrected chi connectivity index (χ3v) is 3.41. The minimum atomic E-state index is -0.00904. The average Bonchev–Trinajstić information content (AvgIpc) is 2.52. The fraction of sp³-hybridized carbons (Fsp3) is 0.176. The van der Waals surface area contributed by atoms with Crippen LogP contribution in [0.5, 0.6) is 0 Å². The lowest BCUT2D eigenvalue weighted by Gasteiger charge is -2.15. The lowest BCUT2D eigenvalue weighted by molar-refractivity contribution is -0.115. The molecule has 0 saturated heterocycles. The minimum Gasteiger partial charge on any atom is -0.332 e. The Morgan fingerprint density at radius 3 is 2.23 bits per heavy atom. The summed E-state index contributed by atoms with van der Waals surface area (Å²) < 4.78 is 0. The quantitative estimate of drug-likeness (QED) is 0.742. The number of anilines is 3. The third-order valence-electron chi connectivity index (χ3n) is 3.21. The molecule has 0 aliphatic carbocycles. The maximum atomic E-state index is 11.5. The van der Waals surface area contributed by atoms with Gasteiger partial charge in [-0.2, -0.15) is 0 Å². The van der Waals surface area contributed by atoms with Crippen LogP contribution in [0.25, 0.3) is 0 Å². The molecule has 22 heavy (non-hydrogen) atoms. The SMILES string of the molecule is CCC(=O)Nc1cccc(NC(=S)Nc2ccccc2)c1C. The van der Waals surface area contributed by atoms with Crippen LogP contribution in [0.4, 0.5) is 17.1 Å². The summed E-state index contributed by atoms with van der Waals surface area (Å²) in [6.07, 6.45) is 0.449. The van der Waals surface area contributed by atoms with E-state index in [-0.39, 0.29) is 5.91 Å². The van der Waals surface area contributed by atoms with Gasteiger partial charge in [0.05, 0.1) is 0 Å². The number of hydrogen-bond acceptors (Lipinski definition) is 2. The first-order chi connectivity index (χ1) is 10.6. The van der Waals surface area contributed by atoms with Crippen molar-refractivity contribution in [2.45, 2.75) is 20.3 Å². The van der Waals surface area contributed by atoms with E-state index in [0.29, 0.717) is 11.5 Å². The molecule has 0 radical (unpaired) electrons. The molecule has 0 heterocycles. The van der Waals surface area contributed by atoms with E-state index in [1.165, 1.54) is 0 Å². The van der Waals surface area contributed by atoms with E-state index in [1.54, 1.807) is 0 Å². The van der Waals surface area contributed by atoms with Gasteiger partial charge in [-0.05, 0) is 49.0 Å². The van der Waals surface area contributed by atoms with Crippen molar-refractivity contribution >= 4 is 40.3 Å². The Labute approximate surface area is 135 Å². The highest BCUT2D eigenvalue weighted by Gasteiger charge is 2.07. The second-order valence-electron chi connectivity index (χ2n) is 4.83. The molecular weight excluding hydrogens is 294 g/mol. The van der Waals surface area contributed by atoms with Gasteiger partial charge >= 0.3 is 0 Å². The Hall–Kier alpha value is -2.40. The van der Waals surface area contributed by atoms with Crippen LogP contribution < -0.4 is 16.0 Å². The van der Waals surface area contributed by atoms with Crippen molar-refractivity contribution in [3.05, 3.63) is 54.1 Å². The second-order valence-corrected chi connectivity index (χ2v) is 5.23. The zero-order chi connectivity index (χ0) is 15.9.